The normalized spacial score (nSPS) is 16.1. The van der Waals surface area contributed by atoms with Gasteiger partial charge in [-0.15, -0.1) is 0 Å². The molecule has 0 saturated carbocycles. The van der Waals surface area contributed by atoms with E-state index in [-0.39, 0.29) is 0 Å². The molecule has 1 aromatic carbocycles. The number of hydrogen-bond acceptors (Lipinski definition) is 0. The first-order valence-corrected chi connectivity index (χ1v) is 6.64. The maximum Gasteiger partial charge on any atom is -0.00705 e. The molecule has 0 fully saturated rings. The van der Waals surface area contributed by atoms with Gasteiger partial charge in [0.2, 0.25) is 0 Å². The maximum atomic E-state index is 3.82. The van der Waals surface area contributed by atoms with E-state index in [0.717, 1.165) is 0 Å². The second-order valence-corrected chi connectivity index (χ2v) is 4.72. The highest BCUT2D eigenvalue weighted by Gasteiger charge is 2.25. The Hall–Kier alpha value is -2.08. The Balaban J connectivity index is 2.55. The third-order valence-electron chi connectivity index (χ3n) is 3.56. The summed E-state index contributed by atoms with van der Waals surface area (Å²) in [6, 6.07) is 10.6. The number of rotatable bonds is 4. The van der Waals surface area contributed by atoms with E-state index in [1.807, 2.05) is 13.0 Å². The molecule has 0 N–H and O–H groups in total. The fraction of sp³-hybridized carbons (Fsp3) is 0.158. The molecule has 1 aliphatic carbocycles. The van der Waals surface area contributed by atoms with Crippen molar-refractivity contribution in [1.82, 2.24) is 0 Å². The highest BCUT2D eigenvalue weighted by atomic mass is 14.3. The molecular weight excluding hydrogens is 228 g/mol. The summed E-state index contributed by atoms with van der Waals surface area (Å²) < 4.78 is 0. The summed E-state index contributed by atoms with van der Waals surface area (Å²) in [7, 11) is 0. The lowest BCUT2D eigenvalue weighted by molar-refractivity contribution is 1.22. The predicted octanol–water partition coefficient (Wildman–Crippen LogP) is 5.48. The van der Waals surface area contributed by atoms with E-state index in [0.29, 0.717) is 0 Å². The summed E-state index contributed by atoms with van der Waals surface area (Å²) in [6.07, 6.45) is 8.15. The minimum Gasteiger partial charge on any atom is -0.0990 e. The van der Waals surface area contributed by atoms with E-state index in [9.17, 15) is 0 Å². The van der Waals surface area contributed by atoms with Crippen LogP contribution in [0.1, 0.15) is 26.3 Å². The molecule has 0 radical (unpaired) electrons. The molecule has 0 bridgehead atoms. The molecule has 1 aliphatic rings. The molecule has 2 rings (SSSR count). The quantitative estimate of drug-likeness (QED) is 0.619. The molecule has 19 heavy (non-hydrogen) atoms. The van der Waals surface area contributed by atoms with Crippen LogP contribution in [0.4, 0.5) is 0 Å². The van der Waals surface area contributed by atoms with Gasteiger partial charge in [-0.1, -0.05) is 61.2 Å². The van der Waals surface area contributed by atoms with Gasteiger partial charge >= 0.3 is 0 Å². The van der Waals surface area contributed by atoms with Gasteiger partial charge in [0.05, 0.1) is 0 Å². The third-order valence-corrected chi connectivity index (χ3v) is 3.56. The molecule has 96 valence electrons. The topological polar surface area (TPSA) is 0 Å². The van der Waals surface area contributed by atoms with E-state index in [4.69, 9.17) is 0 Å². The molecular formula is C19H20. The standard InChI is InChI=1S/C19H20/c1-5-10-16(11-6-2)18-14(3)15(4)19(18)17-12-8-7-9-13-17/h5-13H,1H2,2-4H3/b11-6-,16-10+. The summed E-state index contributed by atoms with van der Waals surface area (Å²) in [4.78, 5) is 0. The SMILES string of the molecule is C=C/C=C(\C=C/C)C1=C(c2ccccc2)C(C)=C1C. The third kappa shape index (κ3) is 2.39. The van der Waals surface area contributed by atoms with Crippen molar-refractivity contribution in [3.63, 3.8) is 0 Å². The highest BCUT2D eigenvalue weighted by molar-refractivity contribution is 5.95. The average Bonchev–Trinajstić information content (AvgIpc) is 2.44. The van der Waals surface area contributed by atoms with Crippen LogP contribution < -0.4 is 0 Å². The van der Waals surface area contributed by atoms with Gasteiger partial charge in [0.15, 0.2) is 0 Å². The molecule has 0 atom stereocenters. The van der Waals surface area contributed by atoms with E-state index in [1.54, 1.807) is 0 Å². The van der Waals surface area contributed by atoms with Crippen LogP contribution in [0.25, 0.3) is 5.57 Å². The highest BCUT2D eigenvalue weighted by Crippen LogP contribution is 2.45. The zero-order valence-electron chi connectivity index (χ0n) is 11.9. The van der Waals surface area contributed by atoms with Crippen LogP contribution in [0.2, 0.25) is 0 Å². The van der Waals surface area contributed by atoms with Crippen molar-refractivity contribution in [3.8, 4) is 0 Å². The Labute approximate surface area is 116 Å². The summed E-state index contributed by atoms with van der Waals surface area (Å²) in [5.41, 5.74) is 8.01. The zero-order chi connectivity index (χ0) is 13.8. The minimum absolute atomic E-state index is 1.24. The summed E-state index contributed by atoms with van der Waals surface area (Å²) in [5.74, 6) is 0. The molecule has 0 amide bonds. The Kier molecular flexibility index (Phi) is 4.01. The van der Waals surface area contributed by atoms with Crippen LogP contribution in [-0.4, -0.2) is 0 Å². The van der Waals surface area contributed by atoms with Crippen LogP contribution in [0.5, 0.6) is 0 Å². The van der Waals surface area contributed by atoms with E-state index in [2.05, 4.69) is 69.0 Å². The van der Waals surface area contributed by atoms with Crippen LogP contribution in [0.15, 0.2) is 83.5 Å². The first-order valence-electron chi connectivity index (χ1n) is 6.64. The first-order chi connectivity index (χ1) is 9.20. The van der Waals surface area contributed by atoms with Crippen molar-refractivity contribution in [2.75, 3.05) is 0 Å². The predicted molar refractivity (Wildman–Crippen MR) is 84.8 cm³/mol. The molecule has 0 saturated heterocycles. The van der Waals surface area contributed by atoms with Crippen LogP contribution in [0, 0.1) is 0 Å². The lowest BCUT2D eigenvalue weighted by Crippen LogP contribution is -2.09. The van der Waals surface area contributed by atoms with Gasteiger partial charge in [0.25, 0.3) is 0 Å². The summed E-state index contributed by atoms with van der Waals surface area (Å²) >= 11 is 0. The molecule has 0 heterocycles. The Morgan fingerprint density at radius 1 is 1.05 bits per heavy atom. The van der Waals surface area contributed by atoms with Gasteiger partial charge in [-0.3, -0.25) is 0 Å². The summed E-state index contributed by atoms with van der Waals surface area (Å²) in [5, 5.41) is 0. The van der Waals surface area contributed by atoms with Gasteiger partial charge in [-0.25, -0.2) is 0 Å². The van der Waals surface area contributed by atoms with Crippen LogP contribution >= 0.6 is 0 Å². The largest absolute Gasteiger partial charge is 0.0990 e. The number of benzene rings is 1. The van der Waals surface area contributed by atoms with Gasteiger partial charge in [-0.05, 0) is 54.2 Å². The average molecular weight is 248 g/mol. The van der Waals surface area contributed by atoms with Crippen molar-refractivity contribution in [3.05, 3.63) is 89.1 Å². The Morgan fingerprint density at radius 3 is 2.32 bits per heavy atom. The molecule has 0 nitrogen and oxygen atoms in total. The number of allylic oxidation sites excluding steroid dienone is 9. The second kappa shape index (κ2) is 5.71. The molecule has 1 aromatic rings. The van der Waals surface area contributed by atoms with E-state index < -0.39 is 0 Å². The van der Waals surface area contributed by atoms with E-state index >= 15 is 0 Å². The molecule has 0 spiro atoms. The molecule has 0 heteroatoms. The number of hydrogen-bond donors (Lipinski definition) is 0. The van der Waals surface area contributed by atoms with Crippen molar-refractivity contribution in [1.29, 1.82) is 0 Å². The lowest BCUT2D eigenvalue weighted by Gasteiger charge is -2.29. The second-order valence-electron chi connectivity index (χ2n) is 4.72. The van der Waals surface area contributed by atoms with E-state index in [1.165, 1.54) is 33.4 Å². The smallest absolute Gasteiger partial charge is 0.00705 e. The fourth-order valence-electron chi connectivity index (χ4n) is 2.54. The lowest BCUT2D eigenvalue weighted by atomic mass is 9.75. The first kappa shape index (κ1) is 13.4. The molecule has 0 aromatic heterocycles. The monoisotopic (exact) mass is 248 g/mol. The summed E-state index contributed by atoms with van der Waals surface area (Å²) in [6.45, 7) is 10.3. The zero-order valence-corrected chi connectivity index (χ0v) is 11.9. The minimum atomic E-state index is 1.24. The van der Waals surface area contributed by atoms with Crippen molar-refractivity contribution in [2.45, 2.75) is 20.8 Å². The Morgan fingerprint density at radius 2 is 1.74 bits per heavy atom. The van der Waals surface area contributed by atoms with Gasteiger partial charge in [0, 0.05) is 0 Å². The van der Waals surface area contributed by atoms with Crippen LogP contribution in [-0.2, 0) is 0 Å². The van der Waals surface area contributed by atoms with Gasteiger partial charge in [0.1, 0.15) is 0 Å². The Bertz CT molecular complexity index is 605. The maximum absolute atomic E-state index is 3.82. The molecule has 0 unspecified atom stereocenters. The van der Waals surface area contributed by atoms with Crippen molar-refractivity contribution >= 4 is 5.57 Å². The van der Waals surface area contributed by atoms with Gasteiger partial charge < -0.3 is 0 Å². The van der Waals surface area contributed by atoms with Crippen LogP contribution in [0.3, 0.4) is 0 Å². The van der Waals surface area contributed by atoms with Gasteiger partial charge in [-0.2, -0.15) is 0 Å². The van der Waals surface area contributed by atoms with Crippen molar-refractivity contribution < 1.29 is 0 Å². The fourth-order valence-corrected chi connectivity index (χ4v) is 2.54. The van der Waals surface area contributed by atoms with Crippen molar-refractivity contribution in [2.24, 2.45) is 0 Å². The molecule has 0 aliphatic heterocycles.